The van der Waals surface area contributed by atoms with Gasteiger partial charge in [0, 0.05) is 12.1 Å². The third-order valence-corrected chi connectivity index (χ3v) is 4.52. The smallest absolute Gasteiger partial charge is 0.306 e. The molecule has 0 bridgehead atoms. The average Bonchev–Trinajstić information content (AvgIpc) is 2.58. The van der Waals surface area contributed by atoms with E-state index in [0.717, 1.165) is 29.8 Å². The first-order valence-corrected chi connectivity index (χ1v) is 7.96. The van der Waals surface area contributed by atoms with Crippen molar-refractivity contribution in [3.05, 3.63) is 54.1 Å². The number of benzene rings is 2. The predicted molar refractivity (Wildman–Crippen MR) is 89.2 cm³/mol. The summed E-state index contributed by atoms with van der Waals surface area (Å²) in [5, 5.41) is 19.2. The van der Waals surface area contributed by atoms with Crippen LogP contribution in [0.1, 0.15) is 18.4 Å². The third kappa shape index (κ3) is 3.71. The maximum atomic E-state index is 11.0. The summed E-state index contributed by atoms with van der Waals surface area (Å²) in [6, 6.07) is 15.8. The predicted octanol–water partition coefficient (Wildman–Crippen LogP) is 3.36. The fraction of sp³-hybridized carbons (Fsp3) is 0.316. The van der Waals surface area contributed by atoms with Crippen LogP contribution < -0.4 is 0 Å². The van der Waals surface area contributed by atoms with E-state index < -0.39 is 5.97 Å². The molecular weight excluding hydrogens is 290 g/mol. The van der Waals surface area contributed by atoms with Crippen LogP contribution in [0.5, 0.6) is 5.75 Å². The van der Waals surface area contributed by atoms with Gasteiger partial charge in [0.15, 0.2) is 0 Å². The topological polar surface area (TPSA) is 60.8 Å². The summed E-state index contributed by atoms with van der Waals surface area (Å²) in [5.74, 6) is -0.626. The van der Waals surface area contributed by atoms with Gasteiger partial charge in [-0.05, 0) is 49.2 Å². The van der Waals surface area contributed by atoms with Crippen molar-refractivity contribution in [3.63, 3.8) is 0 Å². The number of carbonyl (C=O) groups is 1. The first kappa shape index (κ1) is 15.6. The normalized spacial score (nSPS) is 16.3. The number of hydrogen-bond acceptors (Lipinski definition) is 3. The first-order valence-electron chi connectivity index (χ1n) is 7.96. The number of phenolic OH excluding ortho intramolecular Hbond substituents is 1. The van der Waals surface area contributed by atoms with Crippen molar-refractivity contribution in [2.24, 2.45) is 5.92 Å². The molecule has 0 amide bonds. The van der Waals surface area contributed by atoms with E-state index in [2.05, 4.69) is 17.0 Å². The van der Waals surface area contributed by atoms with Crippen LogP contribution in [-0.4, -0.2) is 34.2 Å². The van der Waals surface area contributed by atoms with Gasteiger partial charge >= 0.3 is 5.97 Å². The van der Waals surface area contributed by atoms with Crippen molar-refractivity contribution < 1.29 is 15.0 Å². The van der Waals surface area contributed by atoms with Crippen LogP contribution in [0, 0.1) is 5.92 Å². The molecule has 2 aromatic carbocycles. The zero-order chi connectivity index (χ0) is 16.2. The Balaban J connectivity index is 1.72. The quantitative estimate of drug-likeness (QED) is 0.909. The lowest BCUT2D eigenvalue weighted by atomic mass is 9.96. The molecule has 0 aliphatic carbocycles. The maximum Gasteiger partial charge on any atom is 0.306 e. The maximum absolute atomic E-state index is 11.0. The lowest BCUT2D eigenvalue weighted by molar-refractivity contribution is -0.143. The Morgan fingerprint density at radius 3 is 2.39 bits per heavy atom. The van der Waals surface area contributed by atoms with E-state index in [1.807, 2.05) is 30.3 Å². The zero-order valence-electron chi connectivity index (χ0n) is 13.0. The van der Waals surface area contributed by atoms with Gasteiger partial charge in [0.05, 0.1) is 5.92 Å². The molecule has 0 saturated carbocycles. The number of nitrogens with zero attached hydrogens (tertiary/aromatic N) is 1. The SMILES string of the molecule is O=C(O)C1CCN(Cc2cc(-c3ccccc3)ccc2O)CC1. The number of rotatable bonds is 4. The summed E-state index contributed by atoms with van der Waals surface area (Å²) in [6.45, 7) is 2.16. The van der Waals surface area contributed by atoms with Crippen molar-refractivity contribution in [1.29, 1.82) is 0 Å². The highest BCUT2D eigenvalue weighted by Crippen LogP contribution is 2.28. The second kappa shape index (κ2) is 6.84. The Morgan fingerprint density at radius 1 is 1.04 bits per heavy atom. The molecule has 120 valence electrons. The van der Waals surface area contributed by atoms with Crippen LogP contribution >= 0.6 is 0 Å². The van der Waals surface area contributed by atoms with E-state index in [1.54, 1.807) is 6.07 Å². The Bertz CT molecular complexity index is 676. The molecule has 1 saturated heterocycles. The molecule has 0 radical (unpaired) electrons. The van der Waals surface area contributed by atoms with Crippen LogP contribution in [0.15, 0.2) is 48.5 Å². The van der Waals surface area contributed by atoms with Crippen molar-refractivity contribution in [2.75, 3.05) is 13.1 Å². The molecule has 23 heavy (non-hydrogen) atoms. The van der Waals surface area contributed by atoms with Gasteiger partial charge in [-0.15, -0.1) is 0 Å². The van der Waals surface area contributed by atoms with Crippen molar-refractivity contribution in [1.82, 2.24) is 4.90 Å². The molecule has 1 aliphatic heterocycles. The molecule has 2 N–H and O–H groups in total. The summed E-state index contributed by atoms with van der Waals surface area (Å²) in [4.78, 5) is 13.2. The Hall–Kier alpha value is -2.33. The highest BCUT2D eigenvalue weighted by Gasteiger charge is 2.24. The summed E-state index contributed by atoms with van der Waals surface area (Å²) >= 11 is 0. The number of carboxylic acids is 1. The van der Waals surface area contributed by atoms with E-state index in [9.17, 15) is 9.90 Å². The van der Waals surface area contributed by atoms with Crippen LogP contribution in [0.25, 0.3) is 11.1 Å². The van der Waals surface area contributed by atoms with Crippen molar-refractivity contribution in [3.8, 4) is 16.9 Å². The molecule has 0 atom stereocenters. The Kier molecular flexibility index (Phi) is 4.63. The third-order valence-electron chi connectivity index (χ3n) is 4.52. The van der Waals surface area contributed by atoms with Gasteiger partial charge in [-0.2, -0.15) is 0 Å². The number of likely N-dealkylation sites (tertiary alicyclic amines) is 1. The summed E-state index contributed by atoms with van der Waals surface area (Å²) < 4.78 is 0. The number of hydrogen-bond donors (Lipinski definition) is 2. The minimum atomic E-state index is -0.696. The van der Waals surface area contributed by atoms with E-state index >= 15 is 0 Å². The van der Waals surface area contributed by atoms with Gasteiger partial charge in [0.2, 0.25) is 0 Å². The lowest BCUT2D eigenvalue weighted by Crippen LogP contribution is -2.35. The summed E-state index contributed by atoms with van der Waals surface area (Å²) in [6.07, 6.45) is 1.35. The Morgan fingerprint density at radius 2 is 1.74 bits per heavy atom. The van der Waals surface area contributed by atoms with Crippen LogP contribution in [0.4, 0.5) is 0 Å². The van der Waals surface area contributed by atoms with Crippen molar-refractivity contribution in [2.45, 2.75) is 19.4 Å². The molecule has 0 unspecified atom stereocenters. The van der Waals surface area contributed by atoms with Crippen LogP contribution in [0.3, 0.4) is 0 Å². The lowest BCUT2D eigenvalue weighted by Gasteiger charge is -2.30. The van der Waals surface area contributed by atoms with E-state index in [0.29, 0.717) is 25.1 Å². The summed E-state index contributed by atoms with van der Waals surface area (Å²) in [5.41, 5.74) is 3.09. The molecule has 0 spiro atoms. The highest BCUT2D eigenvalue weighted by atomic mass is 16.4. The van der Waals surface area contributed by atoms with Gasteiger partial charge < -0.3 is 10.2 Å². The van der Waals surface area contributed by atoms with E-state index in [4.69, 9.17) is 5.11 Å². The molecule has 0 aromatic heterocycles. The minimum Gasteiger partial charge on any atom is -0.508 e. The number of carboxylic acid groups (broad SMARTS) is 1. The fourth-order valence-corrected chi connectivity index (χ4v) is 3.10. The summed E-state index contributed by atoms with van der Waals surface area (Å²) in [7, 11) is 0. The van der Waals surface area contributed by atoms with Crippen molar-refractivity contribution >= 4 is 5.97 Å². The van der Waals surface area contributed by atoms with Gasteiger partial charge in [-0.3, -0.25) is 9.69 Å². The molecule has 2 aromatic rings. The number of aliphatic carboxylic acids is 1. The number of aromatic hydroxyl groups is 1. The first-order chi connectivity index (χ1) is 11.1. The minimum absolute atomic E-state index is 0.226. The zero-order valence-corrected chi connectivity index (χ0v) is 13.0. The van der Waals surface area contributed by atoms with Gasteiger partial charge in [0.1, 0.15) is 5.75 Å². The van der Waals surface area contributed by atoms with Gasteiger partial charge in [0.25, 0.3) is 0 Å². The fourth-order valence-electron chi connectivity index (χ4n) is 3.10. The van der Waals surface area contributed by atoms with E-state index in [-0.39, 0.29) is 5.92 Å². The average molecular weight is 311 g/mol. The molecule has 4 nitrogen and oxygen atoms in total. The molecule has 3 rings (SSSR count). The van der Waals surface area contributed by atoms with Gasteiger partial charge in [-0.25, -0.2) is 0 Å². The molecule has 1 fully saturated rings. The monoisotopic (exact) mass is 311 g/mol. The largest absolute Gasteiger partial charge is 0.508 e. The van der Waals surface area contributed by atoms with E-state index in [1.165, 1.54) is 0 Å². The second-order valence-electron chi connectivity index (χ2n) is 6.10. The molecule has 1 heterocycles. The number of piperidine rings is 1. The van der Waals surface area contributed by atoms with Crippen LogP contribution in [-0.2, 0) is 11.3 Å². The number of phenols is 1. The molecule has 1 aliphatic rings. The Labute approximate surface area is 136 Å². The van der Waals surface area contributed by atoms with Crippen LogP contribution in [0.2, 0.25) is 0 Å². The highest BCUT2D eigenvalue weighted by molar-refractivity contribution is 5.70. The molecular formula is C19H21NO3. The standard InChI is InChI=1S/C19H21NO3/c21-18-7-6-16(14-4-2-1-3-5-14)12-17(18)13-20-10-8-15(9-11-20)19(22)23/h1-7,12,15,21H,8-11,13H2,(H,22,23). The molecule has 4 heteroatoms. The second-order valence-corrected chi connectivity index (χ2v) is 6.10. The van der Waals surface area contributed by atoms with Gasteiger partial charge in [-0.1, -0.05) is 36.4 Å².